The van der Waals surface area contributed by atoms with Gasteiger partial charge in [0.1, 0.15) is 0 Å². The first-order chi connectivity index (χ1) is 13.5. The second-order valence-electron chi connectivity index (χ2n) is 8.50. The fraction of sp³-hybridized carbons (Fsp3) is 0.696. The Hall–Kier alpha value is -1.65. The Morgan fingerprint density at radius 1 is 0.929 bits per heavy atom. The highest BCUT2D eigenvalue weighted by molar-refractivity contribution is 5.75. The molecule has 0 aromatic heterocycles. The summed E-state index contributed by atoms with van der Waals surface area (Å²) < 4.78 is 37.7. The molecule has 28 heavy (non-hydrogen) atoms. The first-order valence-electron chi connectivity index (χ1n) is 10.8. The van der Waals surface area contributed by atoms with Crippen molar-refractivity contribution >= 4 is 5.97 Å². The molecule has 1 aromatic carbocycles. The number of esters is 1. The summed E-state index contributed by atoms with van der Waals surface area (Å²) >= 11 is 0. The van der Waals surface area contributed by atoms with Crippen LogP contribution < -0.4 is 9.47 Å². The smallest absolute Gasteiger partial charge is 0.314 e. The second kappa shape index (κ2) is 9.71. The number of carbonyl (C=O) groups excluding carboxylic acids is 1. The van der Waals surface area contributed by atoms with E-state index in [-0.39, 0.29) is 17.4 Å². The van der Waals surface area contributed by atoms with E-state index in [1.165, 1.54) is 57.8 Å². The molecule has 0 aliphatic heterocycles. The largest absolute Gasteiger partial charge is 0.494 e. The maximum Gasteiger partial charge on any atom is 0.314 e. The monoisotopic (exact) mass is 394 g/mol. The summed E-state index contributed by atoms with van der Waals surface area (Å²) in [6, 6.07) is 2.52. The Balaban J connectivity index is 1.49. The molecule has 2 aliphatic carbocycles. The van der Waals surface area contributed by atoms with Crippen molar-refractivity contribution in [2.24, 2.45) is 23.7 Å². The van der Waals surface area contributed by atoms with Gasteiger partial charge >= 0.3 is 5.97 Å². The van der Waals surface area contributed by atoms with Gasteiger partial charge in [-0.05, 0) is 68.4 Å². The fourth-order valence-corrected chi connectivity index (χ4v) is 5.13. The molecule has 0 saturated heterocycles. The van der Waals surface area contributed by atoms with E-state index in [1.807, 2.05) is 0 Å². The molecule has 156 valence electrons. The van der Waals surface area contributed by atoms with Crippen LogP contribution in [0.3, 0.4) is 0 Å². The molecule has 0 atom stereocenters. The normalized spacial score (nSPS) is 28.0. The lowest BCUT2D eigenvalue weighted by molar-refractivity contribution is -0.140. The molecule has 3 nitrogen and oxygen atoms in total. The van der Waals surface area contributed by atoms with E-state index in [0.29, 0.717) is 5.92 Å². The molecular formula is C23H32F2O3. The van der Waals surface area contributed by atoms with Crippen molar-refractivity contribution < 1.29 is 23.0 Å². The Morgan fingerprint density at radius 2 is 1.46 bits per heavy atom. The van der Waals surface area contributed by atoms with E-state index in [0.717, 1.165) is 37.5 Å². The van der Waals surface area contributed by atoms with Crippen LogP contribution in [-0.4, -0.2) is 13.1 Å². The molecule has 0 radical (unpaired) electrons. The molecule has 2 fully saturated rings. The van der Waals surface area contributed by atoms with Crippen LogP contribution >= 0.6 is 0 Å². The molecular weight excluding hydrogens is 362 g/mol. The van der Waals surface area contributed by atoms with Crippen LogP contribution in [0.2, 0.25) is 0 Å². The standard InChI is InChI=1S/C23H32F2O3/c1-3-4-15-5-7-16(8-6-15)17-9-11-18(12-10-17)23(26)28-20-14-13-19(27-2)21(24)22(20)25/h13-18H,3-12H2,1-2H3/t15-,16-,17-,18-. The molecule has 0 amide bonds. The summed E-state index contributed by atoms with van der Waals surface area (Å²) in [6.07, 6.45) is 11.6. The van der Waals surface area contributed by atoms with Crippen LogP contribution in [0.5, 0.6) is 11.5 Å². The number of ether oxygens (including phenoxy) is 2. The van der Waals surface area contributed by atoms with Gasteiger partial charge in [0, 0.05) is 0 Å². The van der Waals surface area contributed by atoms with E-state index >= 15 is 0 Å². The van der Waals surface area contributed by atoms with E-state index in [2.05, 4.69) is 6.92 Å². The third-order valence-electron chi connectivity index (χ3n) is 6.80. The zero-order chi connectivity index (χ0) is 20.1. The molecule has 2 saturated carbocycles. The lowest BCUT2D eigenvalue weighted by Gasteiger charge is -2.37. The van der Waals surface area contributed by atoms with Crippen LogP contribution in [0.4, 0.5) is 8.78 Å². The Kier molecular flexibility index (Phi) is 7.30. The summed E-state index contributed by atoms with van der Waals surface area (Å²) in [5, 5.41) is 0. The van der Waals surface area contributed by atoms with Crippen molar-refractivity contribution in [1.82, 2.24) is 0 Å². The van der Waals surface area contributed by atoms with Gasteiger partial charge in [-0.15, -0.1) is 0 Å². The highest BCUT2D eigenvalue weighted by Crippen LogP contribution is 2.42. The Bertz CT molecular complexity index is 660. The van der Waals surface area contributed by atoms with Crippen molar-refractivity contribution in [3.05, 3.63) is 23.8 Å². The van der Waals surface area contributed by atoms with Crippen molar-refractivity contribution in [2.75, 3.05) is 7.11 Å². The summed E-state index contributed by atoms with van der Waals surface area (Å²) in [6.45, 7) is 2.26. The van der Waals surface area contributed by atoms with E-state index < -0.39 is 17.6 Å². The number of benzene rings is 1. The molecule has 0 spiro atoms. The minimum Gasteiger partial charge on any atom is -0.494 e. The van der Waals surface area contributed by atoms with Gasteiger partial charge in [-0.1, -0.05) is 32.6 Å². The van der Waals surface area contributed by atoms with Gasteiger partial charge in [0.15, 0.2) is 11.5 Å². The molecule has 1 aromatic rings. The van der Waals surface area contributed by atoms with Crippen molar-refractivity contribution in [3.8, 4) is 11.5 Å². The van der Waals surface area contributed by atoms with Crippen LogP contribution in [0.25, 0.3) is 0 Å². The number of hydrogen-bond acceptors (Lipinski definition) is 3. The zero-order valence-electron chi connectivity index (χ0n) is 17.0. The van der Waals surface area contributed by atoms with Crippen LogP contribution in [0.15, 0.2) is 12.1 Å². The van der Waals surface area contributed by atoms with Gasteiger partial charge < -0.3 is 9.47 Å². The highest BCUT2D eigenvalue weighted by Gasteiger charge is 2.34. The summed E-state index contributed by atoms with van der Waals surface area (Å²) in [4.78, 5) is 12.4. The third-order valence-corrected chi connectivity index (χ3v) is 6.80. The van der Waals surface area contributed by atoms with Crippen LogP contribution in [0, 0.1) is 35.3 Å². The van der Waals surface area contributed by atoms with E-state index in [4.69, 9.17) is 9.47 Å². The number of hydrogen-bond donors (Lipinski definition) is 0. The number of carbonyl (C=O) groups is 1. The summed E-state index contributed by atoms with van der Waals surface area (Å²) in [5.74, 6) is -1.15. The maximum atomic E-state index is 14.0. The first kappa shape index (κ1) is 21.1. The number of rotatable bonds is 6. The average molecular weight is 395 g/mol. The summed E-state index contributed by atoms with van der Waals surface area (Å²) in [7, 11) is 1.26. The lowest BCUT2D eigenvalue weighted by Crippen LogP contribution is -2.30. The highest BCUT2D eigenvalue weighted by atomic mass is 19.2. The van der Waals surface area contributed by atoms with Gasteiger partial charge in [-0.2, -0.15) is 8.78 Å². The third kappa shape index (κ3) is 4.84. The molecule has 0 unspecified atom stereocenters. The topological polar surface area (TPSA) is 35.5 Å². The van der Waals surface area contributed by atoms with Crippen molar-refractivity contribution in [1.29, 1.82) is 0 Å². The molecule has 0 N–H and O–H groups in total. The van der Waals surface area contributed by atoms with Gasteiger partial charge in [-0.3, -0.25) is 4.79 Å². The zero-order valence-corrected chi connectivity index (χ0v) is 17.0. The van der Waals surface area contributed by atoms with Gasteiger partial charge in [0.05, 0.1) is 13.0 Å². The molecule has 3 rings (SSSR count). The Morgan fingerprint density at radius 3 is 2.04 bits per heavy atom. The Labute approximate surface area is 166 Å². The van der Waals surface area contributed by atoms with Gasteiger partial charge in [0.25, 0.3) is 0 Å². The molecule has 0 heterocycles. The van der Waals surface area contributed by atoms with Crippen molar-refractivity contribution in [3.63, 3.8) is 0 Å². The fourth-order valence-electron chi connectivity index (χ4n) is 5.13. The predicted molar refractivity (Wildman–Crippen MR) is 104 cm³/mol. The minimum absolute atomic E-state index is 0.202. The maximum absolute atomic E-state index is 14.0. The van der Waals surface area contributed by atoms with Crippen molar-refractivity contribution in [2.45, 2.75) is 71.1 Å². The minimum atomic E-state index is -1.18. The van der Waals surface area contributed by atoms with E-state index in [9.17, 15) is 13.6 Å². The second-order valence-corrected chi connectivity index (χ2v) is 8.50. The van der Waals surface area contributed by atoms with Crippen LogP contribution in [-0.2, 0) is 4.79 Å². The summed E-state index contributed by atoms with van der Waals surface area (Å²) in [5.41, 5.74) is 0. The number of halogens is 2. The lowest BCUT2D eigenvalue weighted by atomic mass is 9.69. The SMILES string of the molecule is CCC[C@H]1CC[C@H]([C@H]2CC[C@H](C(=O)Oc3ccc(OC)c(F)c3F)CC2)CC1. The number of methoxy groups -OCH3 is 1. The first-order valence-corrected chi connectivity index (χ1v) is 10.8. The van der Waals surface area contributed by atoms with E-state index in [1.54, 1.807) is 0 Å². The molecule has 5 heteroatoms. The molecule has 2 aliphatic rings. The quantitative estimate of drug-likeness (QED) is 0.420. The average Bonchev–Trinajstić information content (AvgIpc) is 2.72. The predicted octanol–water partition coefficient (Wildman–Crippen LogP) is 6.29. The van der Waals surface area contributed by atoms with Gasteiger partial charge in [0.2, 0.25) is 11.6 Å². The van der Waals surface area contributed by atoms with Crippen LogP contribution in [0.1, 0.15) is 71.1 Å². The molecule has 0 bridgehead atoms. The van der Waals surface area contributed by atoms with Gasteiger partial charge in [-0.25, -0.2) is 0 Å².